The third-order valence-electron chi connectivity index (χ3n) is 10.9. The van der Waals surface area contributed by atoms with E-state index in [1.165, 1.54) is 116 Å². The number of esters is 2. The summed E-state index contributed by atoms with van der Waals surface area (Å²) in [6.07, 6.45) is 20.6. The molecule has 1 aliphatic carbocycles. The van der Waals surface area contributed by atoms with Gasteiger partial charge >= 0.3 is 19.8 Å². The number of phosphoric ester groups is 1. The molecule has 0 aliphatic heterocycles. The predicted molar refractivity (Wildman–Crippen MR) is 221 cm³/mol. The van der Waals surface area contributed by atoms with Gasteiger partial charge in [-0.15, -0.1) is 0 Å². The highest BCUT2D eigenvalue weighted by molar-refractivity contribution is 7.47. The summed E-state index contributed by atoms with van der Waals surface area (Å²) in [6.45, 7) is 3.26. The van der Waals surface area contributed by atoms with Crippen molar-refractivity contribution >= 4 is 19.8 Å². The minimum atomic E-state index is -5.10. The number of aliphatic hydroxyl groups is 5. The van der Waals surface area contributed by atoms with Gasteiger partial charge in [0.2, 0.25) is 0 Å². The average molecular weight is 839 g/mol. The third-order valence-corrected chi connectivity index (χ3v) is 11.9. The monoisotopic (exact) mass is 839 g/mol. The highest BCUT2D eigenvalue weighted by Crippen LogP contribution is 2.47. The molecule has 0 radical (unpaired) electrons. The first-order valence-corrected chi connectivity index (χ1v) is 24.3. The Hall–Kier alpha value is -1.15. The molecule has 0 aromatic heterocycles. The van der Waals surface area contributed by atoms with Crippen LogP contribution < -0.4 is 0 Å². The van der Waals surface area contributed by atoms with Crippen LogP contribution in [0.4, 0.5) is 0 Å². The highest BCUT2D eigenvalue weighted by Gasteiger charge is 2.51. The molecule has 338 valence electrons. The van der Waals surface area contributed by atoms with Crippen LogP contribution in [-0.2, 0) is 32.7 Å². The molecule has 13 nitrogen and oxygen atoms in total. The summed E-state index contributed by atoms with van der Waals surface area (Å²) in [5.74, 6) is -1.09. The first-order valence-electron chi connectivity index (χ1n) is 22.8. The molecule has 57 heavy (non-hydrogen) atoms. The smallest absolute Gasteiger partial charge is 0.462 e. The van der Waals surface area contributed by atoms with Gasteiger partial charge in [-0.2, -0.15) is 0 Å². The molecule has 0 saturated heterocycles. The Morgan fingerprint density at radius 3 is 1.16 bits per heavy atom. The van der Waals surface area contributed by atoms with Gasteiger partial charge in [-0.05, 0) is 12.8 Å². The van der Waals surface area contributed by atoms with Crippen molar-refractivity contribution in [1.29, 1.82) is 0 Å². The van der Waals surface area contributed by atoms with Gasteiger partial charge < -0.3 is 39.9 Å². The van der Waals surface area contributed by atoms with Crippen LogP contribution in [0.3, 0.4) is 0 Å². The van der Waals surface area contributed by atoms with Gasteiger partial charge in [-0.1, -0.05) is 181 Å². The Bertz CT molecular complexity index is 1020. The lowest BCUT2D eigenvalue weighted by molar-refractivity contribution is -0.220. The van der Waals surface area contributed by atoms with Crippen molar-refractivity contribution in [2.45, 2.75) is 249 Å². The molecule has 1 fully saturated rings. The molecule has 1 saturated carbocycles. The summed E-state index contributed by atoms with van der Waals surface area (Å²) < 4.78 is 33.4. The minimum Gasteiger partial charge on any atom is -0.462 e. The maximum absolute atomic E-state index is 12.8. The van der Waals surface area contributed by atoms with Gasteiger partial charge in [0.1, 0.15) is 43.2 Å². The number of hydrogen-bond donors (Lipinski definition) is 6. The third kappa shape index (κ3) is 27.3. The molecule has 0 bridgehead atoms. The molecule has 0 aromatic rings. The van der Waals surface area contributed by atoms with Crippen LogP contribution >= 0.6 is 7.82 Å². The Labute approximate surface area is 344 Å². The Morgan fingerprint density at radius 1 is 0.474 bits per heavy atom. The van der Waals surface area contributed by atoms with E-state index in [-0.39, 0.29) is 12.8 Å². The molecular weight excluding hydrogens is 755 g/mol. The van der Waals surface area contributed by atoms with Gasteiger partial charge in [0.25, 0.3) is 0 Å². The summed E-state index contributed by atoms with van der Waals surface area (Å²) in [6, 6.07) is 0. The standard InChI is InChI=1S/C43H83O13P/c1-3-5-7-9-11-12-13-14-15-16-17-18-19-20-21-22-23-24-26-28-30-32-37(45)55-35(33-53-36(44)31-29-27-25-10-8-6-4-2)34-54-57(51,52)56-43-41(49)39(47)38(46)40(48)42(43)50/h35,38-43,46-50H,3-34H2,1-2H3,(H,51,52)/t35-,38?,39-,40?,41?,42?,43?/m1/s1. The Morgan fingerprint density at radius 2 is 0.789 bits per heavy atom. The number of phosphoric acid groups is 1. The fourth-order valence-corrected chi connectivity index (χ4v) is 8.20. The van der Waals surface area contributed by atoms with Gasteiger partial charge in [0.15, 0.2) is 6.10 Å². The van der Waals surface area contributed by atoms with Crippen molar-refractivity contribution in [3.63, 3.8) is 0 Å². The number of unbranched alkanes of at least 4 members (excludes halogenated alkanes) is 26. The quantitative estimate of drug-likeness (QED) is 0.0196. The highest BCUT2D eigenvalue weighted by atomic mass is 31.2. The minimum absolute atomic E-state index is 0.105. The predicted octanol–water partition coefficient (Wildman–Crippen LogP) is 8.50. The Balaban J connectivity index is 2.34. The zero-order chi connectivity index (χ0) is 42.2. The van der Waals surface area contributed by atoms with Gasteiger partial charge in [0.05, 0.1) is 6.61 Å². The molecule has 0 spiro atoms. The number of hydrogen-bond acceptors (Lipinski definition) is 12. The van der Waals surface area contributed by atoms with Crippen molar-refractivity contribution < 1.29 is 63.1 Å². The van der Waals surface area contributed by atoms with E-state index in [0.29, 0.717) is 12.8 Å². The van der Waals surface area contributed by atoms with E-state index in [2.05, 4.69) is 13.8 Å². The maximum Gasteiger partial charge on any atom is 0.472 e. The largest absolute Gasteiger partial charge is 0.472 e. The second-order valence-corrected chi connectivity index (χ2v) is 17.7. The summed E-state index contributed by atoms with van der Waals surface area (Å²) in [4.78, 5) is 35.5. The van der Waals surface area contributed by atoms with Crippen LogP contribution in [0.2, 0.25) is 0 Å². The molecule has 0 amide bonds. The first kappa shape index (κ1) is 53.9. The molecule has 0 heterocycles. The van der Waals surface area contributed by atoms with Crippen LogP contribution in [0.25, 0.3) is 0 Å². The number of carbonyl (C=O) groups excluding carboxylic acids is 2. The van der Waals surface area contributed by atoms with E-state index < -0.39 is 75.7 Å². The zero-order valence-electron chi connectivity index (χ0n) is 35.7. The van der Waals surface area contributed by atoms with E-state index in [0.717, 1.165) is 51.4 Å². The molecular formula is C43H83O13P. The molecule has 14 heteroatoms. The lowest BCUT2D eigenvalue weighted by atomic mass is 9.85. The number of ether oxygens (including phenoxy) is 2. The summed E-state index contributed by atoms with van der Waals surface area (Å²) in [5, 5.41) is 50.0. The van der Waals surface area contributed by atoms with E-state index in [1.807, 2.05) is 0 Å². The van der Waals surface area contributed by atoms with Crippen LogP contribution in [0, 0.1) is 0 Å². The van der Waals surface area contributed by atoms with Gasteiger partial charge in [-0.3, -0.25) is 18.6 Å². The summed E-state index contributed by atoms with van der Waals surface area (Å²) in [5.41, 5.74) is 0. The summed E-state index contributed by atoms with van der Waals surface area (Å²) in [7, 11) is -5.10. The first-order chi connectivity index (χ1) is 27.4. The van der Waals surface area contributed by atoms with E-state index in [9.17, 15) is 44.6 Å². The molecule has 1 aliphatic rings. The van der Waals surface area contributed by atoms with E-state index >= 15 is 0 Å². The fourth-order valence-electron chi connectivity index (χ4n) is 7.23. The van der Waals surface area contributed by atoms with Crippen molar-refractivity contribution in [1.82, 2.24) is 0 Å². The van der Waals surface area contributed by atoms with Crippen molar-refractivity contribution in [2.75, 3.05) is 13.2 Å². The maximum atomic E-state index is 12.8. The van der Waals surface area contributed by atoms with Crippen molar-refractivity contribution in [3.05, 3.63) is 0 Å². The number of rotatable bonds is 38. The topological polar surface area (TPSA) is 210 Å². The van der Waals surface area contributed by atoms with Crippen molar-refractivity contribution in [2.24, 2.45) is 0 Å². The zero-order valence-corrected chi connectivity index (χ0v) is 36.6. The normalized spacial score (nSPS) is 22.6. The average Bonchev–Trinajstić information content (AvgIpc) is 3.19. The molecule has 8 atom stereocenters. The molecule has 0 aromatic carbocycles. The van der Waals surface area contributed by atoms with Crippen LogP contribution in [0.5, 0.6) is 0 Å². The SMILES string of the molecule is CCCCCCCCCCCCCCCCCCCCCCCC(=O)O[C@H](COC(=O)CCCCCCCCC)COP(=O)(O)OC1C(O)C(O)C(O)[C@@H](O)C1O. The molecule has 6 unspecified atom stereocenters. The summed E-state index contributed by atoms with van der Waals surface area (Å²) >= 11 is 0. The van der Waals surface area contributed by atoms with Crippen LogP contribution in [0.15, 0.2) is 0 Å². The van der Waals surface area contributed by atoms with Gasteiger partial charge in [-0.25, -0.2) is 4.57 Å². The van der Waals surface area contributed by atoms with Crippen molar-refractivity contribution in [3.8, 4) is 0 Å². The fraction of sp³-hybridized carbons (Fsp3) is 0.953. The van der Waals surface area contributed by atoms with E-state index in [4.69, 9.17) is 18.5 Å². The molecule has 1 rings (SSSR count). The Kier molecular flexibility index (Phi) is 32.7. The number of carbonyl (C=O) groups is 2. The lowest BCUT2D eigenvalue weighted by Crippen LogP contribution is -2.64. The molecule has 6 N–H and O–H groups in total. The van der Waals surface area contributed by atoms with Crippen LogP contribution in [-0.4, -0.2) is 98.3 Å². The lowest BCUT2D eigenvalue weighted by Gasteiger charge is -2.41. The second-order valence-electron chi connectivity index (χ2n) is 16.3. The van der Waals surface area contributed by atoms with Crippen LogP contribution in [0.1, 0.15) is 206 Å². The van der Waals surface area contributed by atoms with E-state index in [1.54, 1.807) is 0 Å². The van der Waals surface area contributed by atoms with Gasteiger partial charge in [0, 0.05) is 12.8 Å². The second kappa shape index (κ2) is 34.6. The number of aliphatic hydroxyl groups excluding tert-OH is 5.